The topological polar surface area (TPSA) is 74.7 Å². The number of halogens is 2. The van der Waals surface area contributed by atoms with Crippen LogP contribution in [0.1, 0.15) is 23.7 Å². The molecule has 0 spiro atoms. The lowest BCUT2D eigenvalue weighted by molar-refractivity contribution is -0.117. The third-order valence-electron chi connectivity index (χ3n) is 2.96. The third-order valence-corrected chi connectivity index (χ3v) is 3.94. The fraction of sp³-hybridized carbons (Fsp3) is 0.308. The largest absolute Gasteiger partial charge is 0.478 e. The lowest BCUT2D eigenvalue weighted by Gasteiger charge is -2.19. The zero-order valence-corrected chi connectivity index (χ0v) is 11.7. The van der Waals surface area contributed by atoms with Crippen LogP contribution in [0.2, 0.25) is 0 Å². The van der Waals surface area contributed by atoms with Crippen LogP contribution >= 0.6 is 11.8 Å². The van der Waals surface area contributed by atoms with Crippen molar-refractivity contribution in [3.8, 4) is 0 Å². The first-order chi connectivity index (χ1) is 9.79. The molecule has 21 heavy (non-hydrogen) atoms. The Labute approximate surface area is 122 Å². The van der Waals surface area contributed by atoms with Crippen molar-refractivity contribution in [2.24, 2.45) is 0 Å². The molecule has 0 bridgehead atoms. The fourth-order valence-electron chi connectivity index (χ4n) is 2.21. The molecule has 1 N–H and O–H groups in total. The minimum absolute atomic E-state index is 0.0153. The summed E-state index contributed by atoms with van der Waals surface area (Å²) in [6, 6.07) is 1.26. The molecule has 0 saturated carbocycles. The maximum atomic E-state index is 13.6. The van der Waals surface area contributed by atoms with E-state index in [9.17, 15) is 23.2 Å². The maximum Gasteiger partial charge on any atom is 0.340 e. The summed E-state index contributed by atoms with van der Waals surface area (Å²) in [7, 11) is 0. The van der Waals surface area contributed by atoms with Gasteiger partial charge in [-0.3, -0.25) is 9.59 Å². The second-order valence-corrected chi connectivity index (χ2v) is 6.00. The van der Waals surface area contributed by atoms with E-state index in [2.05, 4.69) is 0 Å². The minimum Gasteiger partial charge on any atom is -0.478 e. The molecular weight excluding hydrogens is 304 g/mol. The standard InChI is InChI=1S/C13H11F2NO4S/c1-6(17)21-8-4-11(18)16(5-8)10-3-7(14)2-9(15)12(10)13(19)20/h2-3,8H,4-5H2,1H3,(H,19,20). The van der Waals surface area contributed by atoms with Crippen LogP contribution in [0.4, 0.5) is 14.5 Å². The highest BCUT2D eigenvalue weighted by molar-refractivity contribution is 8.14. The van der Waals surface area contributed by atoms with E-state index in [-0.39, 0.29) is 29.0 Å². The zero-order valence-electron chi connectivity index (χ0n) is 10.9. The van der Waals surface area contributed by atoms with E-state index in [0.717, 1.165) is 22.7 Å². The molecule has 1 atom stereocenters. The molecule has 1 fully saturated rings. The Morgan fingerprint density at radius 1 is 1.38 bits per heavy atom. The summed E-state index contributed by atoms with van der Waals surface area (Å²) in [5.74, 6) is -4.27. The van der Waals surface area contributed by atoms with E-state index in [1.807, 2.05) is 0 Å². The third kappa shape index (κ3) is 3.21. The molecule has 1 unspecified atom stereocenters. The van der Waals surface area contributed by atoms with E-state index in [4.69, 9.17) is 5.11 Å². The Morgan fingerprint density at radius 2 is 2.05 bits per heavy atom. The van der Waals surface area contributed by atoms with Gasteiger partial charge in [0.25, 0.3) is 0 Å². The SMILES string of the molecule is CC(=O)SC1CC(=O)N(c2cc(F)cc(F)c2C(=O)O)C1. The smallest absolute Gasteiger partial charge is 0.340 e. The molecule has 5 nitrogen and oxygen atoms in total. The summed E-state index contributed by atoms with van der Waals surface area (Å²) < 4.78 is 27.0. The second-order valence-electron chi connectivity index (χ2n) is 4.53. The van der Waals surface area contributed by atoms with Crippen molar-refractivity contribution < 1.29 is 28.3 Å². The first kappa shape index (κ1) is 15.4. The number of carboxylic acid groups (broad SMARTS) is 1. The Bertz CT molecular complexity index is 635. The number of nitrogens with zero attached hydrogens (tertiary/aromatic N) is 1. The number of benzene rings is 1. The zero-order chi connectivity index (χ0) is 15.7. The van der Waals surface area contributed by atoms with E-state index in [0.29, 0.717) is 6.07 Å². The molecule has 0 aliphatic carbocycles. The molecule has 1 aliphatic rings. The monoisotopic (exact) mass is 315 g/mol. The van der Waals surface area contributed by atoms with Crippen LogP contribution in [0.3, 0.4) is 0 Å². The summed E-state index contributed by atoms with van der Waals surface area (Å²) in [4.78, 5) is 35.1. The highest BCUT2D eigenvalue weighted by Gasteiger charge is 2.35. The number of rotatable bonds is 3. The van der Waals surface area contributed by atoms with Gasteiger partial charge in [0.1, 0.15) is 17.2 Å². The number of anilines is 1. The lowest BCUT2D eigenvalue weighted by Crippen LogP contribution is -2.27. The number of carbonyl (C=O) groups excluding carboxylic acids is 2. The number of carbonyl (C=O) groups is 3. The molecule has 8 heteroatoms. The van der Waals surface area contributed by atoms with E-state index >= 15 is 0 Å². The van der Waals surface area contributed by atoms with Gasteiger partial charge in [-0.05, 0) is 6.07 Å². The predicted octanol–water partition coefficient (Wildman–Crippen LogP) is 2.05. The highest BCUT2D eigenvalue weighted by Crippen LogP contribution is 2.32. The molecule has 1 amide bonds. The average molecular weight is 315 g/mol. The van der Waals surface area contributed by atoms with Crippen molar-refractivity contribution in [3.63, 3.8) is 0 Å². The molecular formula is C13H11F2NO4S. The normalized spacial score (nSPS) is 18.1. The van der Waals surface area contributed by atoms with Crippen LogP contribution < -0.4 is 4.90 Å². The minimum atomic E-state index is -1.59. The summed E-state index contributed by atoms with van der Waals surface area (Å²) in [5, 5.41) is 8.50. The van der Waals surface area contributed by atoms with Crippen molar-refractivity contribution in [1.29, 1.82) is 0 Å². The second kappa shape index (κ2) is 5.80. The number of hydrogen-bond donors (Lipinski definition) is 1. The van der Waals surface area contributed by atoms with Crippen LogP contribution in [0.5, 0.6) is 0 Å². The summed E-state index contributed by atoms with van der Waals surface area (Å²) in [6.07, 6.45) is 0.0153. The number of thioether (sulfide) groups is 1. The van der Waals surface area contributed by atoms with Crippen molar-refractivity contribution in [1.82, 2.24) is 0 Å². The van der Waals surface area contributed by atoms with Gasteiger partial charge in [-0.15, -0.1) is 0 Å². The molecule has 1 saturated heterocycles. The highest BCUT2D eigenvalue weighted by atomic mass is 32.2. The molecule has 1 aromatic carbocycles. The van der Waals surface area contributed by atoms with Crippen LogP contribution in [-0.2, 0) is 9.59 Å². The van der Waals surface area contributed by atoms with Gasteiger partial charge < -0.3 is 10.0 Å². The van der Waals surface area contributed by atoms with E-state index in [1.54, 1.807) is 0 Å². The molecule has 0 aromatic heterocycles. The molecule has 0 radical (unpaired) electrons. The van der Waals surface area contributed by atoms with Gasteiger partial charge in [0.2, 0.25) is 5.91 Å². The van der Waals surface area contributed by atoms with Crippen LogP contribution in [0.15, 0.2) is 12.1 Å². The Hall–Kier alpha value is -1.96. The van der Waals surface area contributed by atoms with Crippen LogP contribution in [0, 0.1) is 11.6 Å². The Morgan fingerprint density at radius 3 is 2.62 bits per heavy atom. The predicted molar refractivity (Wildman–Crippen MR) is 72.3 cm³/mol. The van der Waals surface area contributed by atoms with Gasteiger partial charge >= 0.3 is 5.97 Å². The Kier molecular flexibility index (Phi) is 4.26. The molecule has 1 aliphatic heterocycles. The average Bonchev–Trinajstić information content (AvgIpc) is 2.67. The first-order valence-corrected chi connectivity index (χ1v) is 6.87. The number of amides is 1. The van der Waals surface area contributed by atoms with Gasteiger partial charge in [-0.2, -0.15) is 0 Å². The van der Waals surface area contributed by atoms with Gasteiger partial charge in [0.05, 0.1) is 5.69 Å². The number of aromatic carboxylic acids is 1. The summed E-state index contributed by atoms with van der Waals surface area (Å²) >= 11 is 0.951. The fourth-order valence-corrected chi connectivity index (χ4v) is 3.12. The van der Waals surface area contributed by atoms with E-state index in [1.165, 1.54) is 6.92 Å². The van der Waals surface area contributed by atoms with Gasteiger partial charge in [-0.25, -0.2) is 13.6 Å². The lowest BCUT2D eigenvalue weighted by atomic mass is 10.1. The number of hydrogen-bond acceptors (Lipinski definition) is 4. The molecule has 1 heterocycles. The first-order valence-electron chi connectivity index (χ1n) is 5.99. The number of carboxylic acids is 1. The molecule has 1 aromatic rings. The van der Waals surface area contributed by atoms with Crippen molar-refractivity contribution in [2.45, 2.75) is 18.6 Å². The quantitative estimate of drug-likeness (QED) is 0.924. The van der Waals surface area contributed by atoms with Crippen molar-refractivity contribution in [2.75, 3.05) is 11.4 Å². The Balaban J connectivity index is 2.40. The maximum absolute atomic E-state index is 13.6. The van der Waals surface area contributed by atoms with Gasteiger partial charge in [-0.1, -0.05) is 11.8 Å². The van der Waals surface area contributed by atoms with Gasteiger partial charge in [0, 0.05) is 31.2 Å². The van der Waals surface area contributed by atoms with Crippen molar-refractivity contribution in [3.05, 3.63) is 29.3 Å². The molecule has 112 valence electrons. The van der Waals surface area contributed by atoms with Crippen LogP contribution in [0.25, 0.3) is 0 Å². The van der Waals surface area contributed by atoms with Crippen molar-refractivity contribution >= 4 is 34.4 Å². The van der Waals surface area contributed by atoms with E-state index < -0.39 is 29.1 Å². The van der Waals surface area contributed by atoms with Gasteiger partial charge in [0.15, 0.2) is 5.12 Å². The summed E-state index contributed by atoms with van der Waals surface area (Å²) in [6.45, 7) is 1.38. The summed E-state index contributed by atoms with van der Waals surface area (Å²) in [5.41, 5.74) is -1.07. The molecule has 2 rings (SSSR count). The van der Waals surface area contributed by atoms with Crippen LogP contribution in [-0.4, -0.2) is 33.9 Å².